The zero-order valence-electron chi connectivity index (χ0n) is 11.0. The highest BCUT2D eigenvalue weighted by atomic mass is 16.4. The number of unbranched alkanes of at least 4 members (excludes halogenated alkanes) is 1. The van der Waals surface area contributed by atoms with Gasteiger partial charge in [-0.2, -0.15) is 0 Å². The number of carbonyl (C=O) groups excluding carboxylic acids is 1. The van der Waals surface area contributed by atoms with Crippen molar-refractivity contribution in [3.63, 3.8) is 0 Å². The normalized spacial score (nSPS) is 10.4. The number of nitrogens with one attached hydrogen (secondary N) is 1. The van der Waals surface area contributed by atoms with Gasteiger partial charge in [-0.3, -0.25) is 14.6 Å². The first-order valence-corrected chi connectivity index (χ1v) is 6.51. The molecule has 0 fully saturated rings. The number of nitrogens with zero attached hydrogens (tertiary/aromatic N) is 1. The van der Waals surface area contributed by atoms with Gasteiger partial charge in [-0.25, -0.2) is 0 Å². The van der Waals surface area contributed by atoms with Gasteiger partial charge in [0.15, 0.2) is 0 Å². The lowest BCUT2D eigenvalue weighted by molar-refractivity contribution is -0.137. The number of carboxylic acid groups (broad SMARTS) is 1. The Balaban J connectivity index is 1.88. The minimum Gasteiger partial charge on any atom is -0.481 e. The number of benzene rings is 1. The Morgan fingerprint density at radius 3 is 2.70 bits per heavy atom. The van der Waals surface area contributed by atoms with Gasteiger partial charge in [0, 0.05) is 18.2 Å². The third kappa shape index (κ3) is 4.05. The molecule has 1 amide bonds. The first-order valence-electron chi connectivity index (χ1n) is 6.51. The maximum absolute atomic E-state index is 11.7. The van der Waals surface area contributed by atoms with E-state index in [2.05, 4.69) is 10.3 Å². The zero-order chi connectivity index (χ0) is 14.4. The van der Waals surface area contributed by atoms with Crippen LogP contribution in [0.25, 0.3) is 10.9 Å². The number of anilines is 1. The fourth-order valence-electron chi connectivity index (χ4n) is 1.92. The highest BCUT2D eigenvalue weighted by molar-refractivity contribution is 5.93. The molecule has 1 heterocycles. The summed E-state index contributed by atoms with van der Waals surface area (Å²) in [6, 6.07) is 9.55. The predicted octanol–water partition coefficient (Wildman–Crippen LogP) is 2.82. The number of amides is 1. The summed E-state index contributed by atoms with van der Waals surface area (Å²) >= 11 is 0. The van der Waals surface area contributed by atoms with Gasteiger partial charge < -0.3 is 10.4 Å². The summed E-state index contributed by atoms with van der Waals surface area (Å²) in [5.41, 5.74) is 1.54. The molecule has 104 valence electrons. The molecular weight excluding hydrogens is 256 g/mol. The quantitative estimate of drug-likeness (QED) is 0.792. The standard InChI is InChI=1S/C15H16N2O3/c18-14(7-3-4-8-15(19)20)17-12-9-11-5-1-2-6-13(11)16-10-12/h1-2,5-6,9-10H,3-4,7-8H2,(H,17,18)(H,19,20). The van der Waals surface area contributed by atoms with Gasteiger partial charge in [-0.1, -0.05) is 18.2 Å². The van der Waals surface area contributed by atoms with E-state index in [1.165, 1.54) is 0 Å². The van der Waals surface area contributed by atoms with Crippen LogP contribution in [0.1, 0.15) is 25.7 Å². The number of carboxylic acids is 1. The van der Waals surface area contributed by atoms with Gasteiger partial charge in [0.25, 0.3) is 0 Å². The Kier molecular flexibility index (Phi) is 4.65. The van der Waals surface area contributed by atoms with Crippen molar-refractivity contribution >= 4 is 28.5 Å². The summed E-state index contributed by atoms with van der Waals surface area (Å²) < 4.78 is 0. The largest absolute Gasteiger partial charge is 0.481 e. The van der Waals surface area contributed by atoms with Crippen LogP contribution in [0.15, 0.2) is 36.5 Å². The molecule has 0 aliphatic carbocycles. The summed E-state index contributed by atoms with van der Waals surface area (Å²) in [5, 5.41) is 12.2. The second-order valence-corrected chi connectivity index (χ2v) is 4.57. The number of aliphatic carboxylic acids is 1. The summed E-state index contributed by atoms with van der Waals surface area (Å²) in [6.07, 6.45) is 3.13. The summed E-state index contributed by atoms with van der Waals surface area (Å²) in [4.78, 5) is 26.3. The molecule has 1 aromatic carbocycles. The number of para-hydroxylation sites is 1. The van der Waals surface area contributed by atoms with Gasteiger partial charge in [0.05, 0.1) is 17.4 Å². The second kappa shape index (κ2) is 6.65. The molecule has 0 aliphatic heterocycles. The Labute approximate surface area is 116 Å². The van der Waals surface area contributed by atoms with E-state index < -0.39 is 5.97 Å². The van der Waals surface area contributed by atoms with E-state index in [0.29, 0.717) is 24.9 Å². The molecule has 5 heteroatoms. The molecule has 0 spiro atoms. The lowest BCUT2D eigenvalue weighted by Crippen LogP contribution is -2.11. The number of aromatic nitrogens is 1. The smallest absolute Gasteiger partial charge is 0.303 e. The van der Waals surface area contributed by atoms with Crippen molar-refractivity contribution in [3.8, 4) is 0 Å². The van der Waals surface area contributed by atoms with E-state index in [-0.39, 0.29) is 12.3 Å². The van der Waals surface area contributed by atoms with Crippen LogP contribution in [-0.2, 0) is 9.59 Å². The number of pyridine rings is 1. The zero-order valence-corrected chi connectivity index (χ0v) is 11.0. The van der Waals surface area contributed by atoms with Crippen LogP contribution in [0.4, 0.5) is 5.69 Å². The molecule has 20 heavy (non-hydrogen) atoms. The van der Waals surface area contributed by atoms with Crippen LogP contribution in [0.5, 0.6) is 0 Å². The number of fused-ring (bicyclic) bond motifs is 1. The minimum atomic E-state index is -0.830. The summed E-state index contributed by atoms with van der Waals surface area (Å²) in [5.74, 6) is -0.948. The highest BCUT2D eigenvalue weighted by Gasteiger charge is 2.04. The van der Waals surface area contributed by atoms with Crippen LogP contribution >= 0.6 is 0 Å². The van der Waals surface area contributed by atoms with Crippen LogP contribution in [0, 0.1) is 0 Å². The first kappa shape index (κ1) is 14.0. The predicted molar refractivity (Wildman–Crippen MR) is 76.5 cm³/mol. The van der Waals surface area contributed by atoms with Gasteiger partial charge in [-0.15, -0.1) is 0 Å². The topological polar surface area (TPSA) is 79.3 Å². The van der Waals surface area contributed by atoms with Crippen molar-refractivity contribution in [2.24, 2.45) is 0 Å². The summed E-state index contributed by atoms with van der Waals surface area (Å²) in [6.45, 7) is 0. The van der Waals surface area contributed by atoms with Gasteiger partial charge in [-0.05, 0) is 25.0 Å². The van der Waals surface area contributed by atoms with Crippen molar-refractivity contribution in [1.82, 2.24) is 4.98 Å². The molecule has 2 N–H and O–H groups in total. The summed E-state index contributed by atoms with van der Waals surface area (Å²) in [7, 11) is 0. The maximum Gasteiger partial charge on any atom is 0.303 e. The Morgan fingerprint density at radius 1 is 1.15 bits per heavy atom. The van der Waals surface area contributed by atoms with E-state index >= 15 is 0 Å². The molecule has 5 nitrogen and oxygen atoms in total. The van der Waals surface area contributed by atoms with Gasteiger partial charge >= 0.3 is 5.97 Å². The number of hydrogen-bond donors (Lipinski definition) is 2. The van der Waals surface area contributed by atoms with Gasteiger partial charge in [0.1, 0.15) is 0 Å². The third-order valence-electron chi connectivity index (χ3n) is 2.92. The molecule has 0 unspecified atom stereocenters. The fourth-order valence-corrected chi connectivity index (χ4v) is 1.92. The average molecular weight is 272 g/mol. The molecule has 0 atom stereocenters. The van der Waals surface area contributed by atoms with Crippen molar-refractivity contribution in [2.75, 3.05) is 5.32 Å². The highest BCUT2D eigenvalue weighted by Crippen LogP contribution is 2.16. The van der Waals surface area contributed by atoms with Crippen LogP contribution in [-0.4, -0.2) is 22.0 Å². The van der Waals surface area contributed by atoms with Gasteiger partial charge in [0.2, 0.25) is 5.91 Å². The molecule has 0 bridgehead atoms. The number of carbonyl (C=O) groups is 2. The van der Waals surface area contributed by atoms with E-state index in [1.807, 2.05) is 30.3 Å². The molecule has 0 aliphatic rings. The fraction of sp³-hybridized carbons (Fsp3) is 0.267. The molecule has 0 saturated heterocycles. The maximum atomic E-state index is 11.7. The van der Waals surface area contributed by atoms with Crippen molar-refractivity contribution in [3.05, 3.63) is 36.5 Å². The van der Waals surface area contributed by atoms with Crippen molar-refractivity contribution in [1.29, 1.82) is 0 Å². The lowest BCUT2D eigenvalue weighted by atomic mass is 10.2. The van der Waals surface area contributed by atoms with E-state index in [4.69, 9.17) is 5.11 Å². The number of hydrogen-bond acceptors (Lipinski definition) is 3. The van der Waals surface area contributed by atoms with E-state index in [1.54, 1.807) is 6.20 Å². The van der Waals surface area contributed by atoms with E-state index in [9.17, 15) is 9.59 Å². The first-order chi connectivity index (χ1) is 9.65. The van der Waals surface area contributed by atoms with E-state index in [0.717, 1.165) is 10.9 Å². The average Bonchev–Trinajstić information content (AvgIpc) is 2.43. The Hall–Kier alpha value is -2.43. The molecule has 2 rings (SSSR count). The third-order valence-corrected chi connectivity index (χ3v) is 2.92. The van der Waals surface area contributed by atoms with Crippen molar-refractivity contribution in [2.45, 2.75) is 25.7 Å². The van der Waals surface area contributed by atoms with Crippen LogP contribution in [0.2, 0.25) is 0 Å². The molecule has 0 saturated carbocycles. The molecule has 2 aromatic rings. The molecular formula is C15H16N2O3. The molecule has 1 aromatic heterocycles. The monoisotopic (exact) mass is 272 g/mol. The SMILES string of the molecule is O=C(O)CCCCC(=O)Nc1cnc2ccccc2c1. The Morgan fingerprint density at radius 2 is 1.90 bits per heavy atom. The lowest BCUT2D eigenvalue weighted by Gasteiger charge is -2.05. The van der Waals surface area contributed by atoms with Crippen LogP contribution < -0.4 is 5.32 Å². The van der Waals surface area contributed by atoms with Crippen molar-refractivity contribution < 1.29 is 14.7 Å². The van der Waals surface area contributed by atoms with Crippen LogP contribution in [0.3, 0.4) is 0 Å². The molecule has 0 radical (unpaired) electrons. The number of rotatable bonds is 6. The minimum absolute atomic E-state index is 0.102. The second-order valence-electron chi connectivity index (χ2n) is 4.57. The Bertz CT molecular complexity index is 625.